The molecule has 1 aliphatic carbocycles. The van der Waals surface area contributed by atoms with Crippen LogP contribution in [0.2, 0.25) is 0 Å². The molecule has 7 heteroatoms. The number of carbonyl (C=O) groups excluding carboxylic acids is 1. The van der Waals surface area contributed by atoms with Gasteiger partial charge in [0, 0.05) is 29.6 Å². The maximum atomic E-state index is 14.5. The number of methoxy groups -OCH3 is 1. The number of aliphatic carboxylic acids is 1. The van der Waals surface area contributed by atoms with Crippen molar-refractivity contribution >= 4 is 11.9 Å². The van der Waals surface area contributed by atoms with Gasteiger partial charge in [-0.1, -0.05) is 73.9 Å². The Hall–Kier alpha value is -3.71. The largest absolute Gasteiger partial charge is 0.496 e. The second-order valence-electron chi connectivity index (χ2n) is 10.5. The molecule has 0 aromatic heterocycles. The zero-order chi connectivity index (χ0) is 27.4. The van der Waals surface area contributed by atoms with E-state index in [0.717, 1.165) is 48.8 Å². The molecule has 2 aliphatic rings. The van der Waals surface area contributed by atoms with Crippen molar-refractivity contribution in [1.29, 1.82) is 0 Å². The minimum absolute atomic E-state index is 0.0561. The Morgan fingerprint density at radius 3 is 2.41 bits per heavy atom. The summed E-state index contributed by atoms with van der Waals surface area (Å²) in [6.45, 7) is 0.372. The van der Waals surface area contributed by atoms with Crippen LogP contribution in [-0.2, 0) is 16.1 Å². The number of benzene rings is 3. The first-order valence-electron chi connectivity index (χ1n) is 13.7. The molecule has 3 aromatic rings. The monoisotopic (exact) mass is 530 g/mol. The molecule has 5 rings (SSSR count). The first-order valence-corrected chi connectivity index (χ1v) is 13.7. The van der Waals surface area contributed by atoms with Crippen LogP contribution in [0.15, 0.2) is 72.8 Å². The van der Waals surface area contributed by atoms with Gasteiger partial charge in [0.05, 0.1) is 13.2 Å². The van der Waals surface area contributed by atoms with E-state index >= 15 is 0 Å². The van der Waals surface area contributed by atoms with Crippen LogP contribution in [0.5, 0.6) is 5.75 Å². The predicted octanol–water partition coefficient (Wildman–Crippen LogP) is 5.97. The summed E-state index contributed by atoms with van der Waals surface area (Å²) in [5, 5.41) is 13.7. The van der Waals surface area contributed by atoms with Crippen LogP contribution in [0.25, 0.3) is 11.1 Å². The van der Waals surface area contributed by atoms with Crippen molar-refractivity contribution in [3.05, 3.63) is 89.7 Å². The van der Waals surface area contributed by atoms with Gasteiger partial charge in [0.1, 0.15) is 17.6 Å². The molecule has 0 radical (unpaired) electrons. The van der Waals surface area contributed by atoms with E-state index in [1.54, 1.807) is 30.2 Å². The molecule has 1 saturated carbocycles. The summed E-state index contributed by atoms with van der Waals surface area (Å²) in [5.41, 5.74) is 2.97. The first-order chi connectivity index (χ1) is 19.0. The van der Waals surface area contributed by atoms with Crippen molar-refractivity contribution in [3.63, 3.8) is 0 Å². The Balaban J connectivity index is 1.46. The van der Waals surface area contributed by atoms with Gasteiger partial charge in [0.2, 0.25) is 5.91 Å². The van der Waals surface area contributed by atoms with Crippen molar-refractivity contribution in [2.75, 3.05) is 7.11 Å². The van der Waals surface area contributed by atoms with Crippen molar-refractivity contribution in [2.45, 2.75) is 63.2 Å². The molecule has 0 bridgehead atoms. The molecular weight excluding hydrogens is 495 g/mol. The van der Waals surface area contributed by atoms with E-state index in [9.17, 15) is 19.1 Å². The summed E-state index contributed by atoms with van der Waals surface area (Å²) in [6.07, 6.45) is 5.02. The maximum Gasteiger partial charge on any atom is 0.326 e. The first kappa shape index (κ1) is 26.9. The van der Waals surface area contributed by atoms with Gasteiger partial charge in [-0.2, -0.15) is 0 Å². The molecule has 0 spiro atoms. The number of nitrogens with one attached hydrogen (secondary N) is 1. The number of ether oxygens (including phenoxy) is 1. The Kier molecular flexibility index (Phi) is 8.27. The molecule has 3 unspecified atom stereocenters. The number of carbonyl (C=O) groups is 2. The number of halogens is 1. The van der Waals surface area contributed by atoms with E-state index < -0.39 is 18.1 Å². The zero-order valence-corrected chi connectivity index (χ0v) is 22.2. The van der Waals surface area contributed by atoms with Crippen LogP contribution in [0.1, 0.15) is 55.7 Å². The number of amides is 1. The fourth-order valence-electron chi connectivity index (χ4n) is 6.20. The van der Waals surface area contributed by atoms with Gasteiger partial charge in [0.15, 0.2) is 0 Å². The van der Waals surface area contributed by atoms with Gasteiger partial charge in [-0.3, -0.25) is 4.79 Å². The molecule has 39 heavy (non-hydrogen) atoms. The van der Waals surface area contributed by atoms with E-state index in [4.69, 9.17) is 4.74 Å². The normalized spacial score (nSPS) is 21.6. The van der Waals surface area contributed by atoms with Crippen LogP contribution >= 0.6 is 0 Å². The van der Waals surface area contributed by atoms with E-state index in [0.29, 0.717) is 24.3 Å². The van der Waals surface area contributed by atoms with E-state index in [1.165, 1.54) is 6.07 Å². The SMILES string of the molecule is COc1ccc(-c2ccccc2F)cc1CNC1CC(C(=O)O)N(C(=O)C2CCCCC2)C1c1ccccc1. The smallest absolute Gasteiger partial charge is 0.326 e. The third-order valence-corrected chi connectivity index (χ3v) is 8.15. The van der Waals surface area contributed by atoms with Crippen molar-refractivity contribution in [1.82, 2.24) is 10.2 Å². The predicted molar refractivity (Wildman–Crippen MR) is 148 cm³/mol. The third kappa shape index (κ3) is 5.69. The highest BCUT2D eigenvalue weighted by Crippen LogP contribution is 2.40. The number of hydrogen-bond donors (Lipinski definition) is 2. The van der Waals surface area contributed by atoms with Gasteiger partial charge in [0.25, 0.3) is 0 Å². The molecule has 1 aliphatic heterocycles. The second-order valence-corrected chi connectivity index (χ2v) is 10.5. The van der Waals surface area contributed by atoms with Gasteiger partial charge in [-0.15, -0.1) is 0 Å². The highest BCUT2D eigenvalue weighted by Gasteiger charge is 2.49. The Bertz CT molecular complexity index is 1310. The summed E-state index contributed by atoms with van der Waals surface area (Å²) >= 11 is 0. The fraction of sp³-hybridized carbons (Fsp3) is 0.375. The summed E-state index contributed by atoms with van der Waals surface area (Å²) in [5.74, 6) is -0.824. The van der Waals surface area contributed by atoms with Crippen LogP contribution in [0.3, 0.4) is 0 Å². The van der Waals surface area contributed by atoms with E-state index in [2.05, 4.69) is 5.32 Å². The number of likely N-dealkylation sites (tertiary alicyclic amines) is 1. The van der Waals surface area contributed by atoms with Crippen LogP contribution in [0, 0.1) is 11.7 Å². The quantitative estimate of drug-likeness (QED) is 0.375. The molecule has 6 nitrogen and oxygen atoms in total. The molecule has 3 aromatic carbocycles. The van der Waals surface area contributed by atoms with E-state index in [-0.39, 0.29) is 23.7 Å². The van der Waals surface area contributed by atoms with Crippen molar-refractivity contribution in [2.24, 2.45) is 5.92 Å². The van der Waals surface area contributed by atoms with Gasteiger partial charge < -0.3 is 20.1 Å². The molecule has 1 amide bonds. The average Bonchev–Trinajstić information content (AvgIpc) is 3.36. The lowest BCUT2D eigenvalue weighted by Crippen LogP contribution is -2.46. The highest BCUT2D eigenvalue weighted by atomic mass is 19.1. The Morgan fingerprint density at radius 2 is 1.72 bits per heavy atom. The van der Waals surface area contributed by atoms with Gasteiger partial charge in [-0.05, 0) is 48.6 Å². The van der Waals surface area contributed by atoms with Crippen LogP contribution in [-0.4, -0.2) is 41.1 Å². The summed E-state index contributed by atoms with van der Waals surface area (Å²) < 4.78 is 20.1. The van der Waals surface area contributed by atoms with Crippen molar-refractivity contribution < 1.29 is 23.8 Å². The molecule has 2 fully saturated rings. The summed E-state index contributed by atoms with van der Waals surface area (Å²) in [7, 11) is 1.59. The standard InChI is InChI=1S/C32H35FN2O4/c1-39-29-17-16-23(25-14-8-9-15-26(25)33)18-24(29)20-34-27-19-28(32(37)38)35(30(27)21-10-4-2-5-11-21)31(36)22-12-6-3-7-13-22/h2,4-5,8-11,14-18,22,27-28,30,34H,3,6-7,12-13,19-20H2,1H3,(H,37,38). The summed E-state index contributed by atoms with van der Waals surface area (Å²) in [6, 6.07) is 20.3. The Morgan fingerprint density at radius 1 is 1.00 bits per heavy atom. The molecule has 3 atom stereocenters. The van der Waals surface area contributed by atoms with Gasteiger partial charge >= 0.3 is 5.97 Å². The third-order valence-electron chi connectivity index (χ3n) is 8.15. The number of nitrogens with zero attached hydrogens (tertiary/aromatic N) is 1. The molecule has 204 valence electrons. The van der Waals surface area contributed by atoms with Crippen LogP contribution in [0.4, 0.5) is 4.39 Å². The Labute approximate surface area is 228 Å². The fourth-order valence-corrected chi connectivity index (χ4v) is 6.20. The van der Waals surface area contributed by atoms with E-state index in [1.807, 2.05) is 48.5 Å². The summed E-state index contributed by atoms with van der Waals surface area (Å²) in [4.78, 5) is 27.9. The lowest BCUT2D eigenvalue weighted by atomic mass is 9.87. The van der Waals surface area contributed by atoms with Gasteiger partial charge in [-0.25, -0.2) is 9.18 Å². The average molecular weight is 531 g/mol. The molecule has 2 N–H and O–H groups in total. The van der Waals surface area contributed by atoms with Crippen LogP contribution < -0.4 is 10.1 Å². The number of rotatable bonds is 8. The number of hydrogen-bond acceptors (Lipinski definition) is 4. The zero-order valence-electron chi connectivity index (χ0n) is 22.2. The lowest BCUT2D eigenvalue weighted by Gasteiger charge is -2.35. The minimum atomic E-state index is -0.983. The minimum Gasteiger partial charge on any atom is -0.496 e. The highest BCUT2D eigenvalue weighted by molar-refractivity contribution is 5.86. The molecular formula is C32H35FN2O4. The maximum absolute atomic E-state index is 14.5. The molecule has 1 saturated heterocycles. The topological polar surface area (TPSA) is 78.9 Å². The second kappa shape index (κ2) is 12.0. The lowest BCUT2D eigenvalue weighted by molar-refractivity contribution is -0.152. The van der Waals surface area contributed by atoms with Crippen molar-refractivity contribution in [3.8, 4) is 16.9 Å². The molecule has 1 heterocycles. The number of carboxylic acid groups (broad SMARTS) is 1. The number of carboxylic acids is 1.